The van der Waals surface area contributed by atoms with Crippen LogP contribution in [0.1, 0.15) is 24.8 Å². The Morgan fingerprint density at radius 1 is 1.37 bits per heavy atom. The van der Waals surface area contributed by atoms with E-state index in [1.807, 2.05) is 6.07 Å². The molecular formula is C16H24N2O. The molecule has 1 fully saturated rings. The van der Waals surface area contributed by atoms with Gasteiger partial charge in [-0.1, -0.05) is 25.1 Å². The number of fused-ring (bicyclic) bond motifs is 1. The summed E-state index contributed by atoms with van der Waals surface area (Å²) in [5, 5.41) is 0. The number of rotatable bonds is 3. The van der Waals surface area contributed by atoms with Crippen molar-refractivity contribution in [3.8, 4) is 5.75 Å². The van der Waals surface area contributed by atoms with Crippen LogP contribution in [0.15, 0.2) is 24.3 Å². The quantitative estimate of drug-likeness (QED) is 0.904. The van der Waals surface area contributed by atoms with Crippen molar-refractivity contribution in [1.82, 2.24) is 4.90 Å². The van der Waals surface area contributed by atoms with Gasteiger partial charge in [0.1, 0.15) is 5.75 Å². The molecule has 3 heteroatoms. The van der Waals surface area contributed by atoms with Gasteiger partial charge in [-0.3, -0.25) is 0 Å². The number of hydrogen-bond donors (Lipinski definition) is 1. The Balaban J connectivity index is 1.64. The van der Waals surface area contributed by atoms with Gasteiger partial charge in [0, 0.05) is 24.6 Å². The molecule has 104 valence electrons. The first-order valence-corrected chi connectivity index (χ1v) is 7.42. The molecule has 1 aromatic carbocycles. The summed E-state index contributed by atoms with van der Waals surface area (Å²) in [5.41, 5.74) is 7.27. The number of benzene rings is 1. The second kappa shape index (κ2) is 5.51. The number of para-hydroxylation sites is 1. The molecule has 2 heterocycles. The molecule has 3 atom stereocenters. The standard InChI is InChI=1S/C16H24N2O/c1-12-6-7-18(9-13(12)8-17)10-14-11-19-16-5-3-2-4-15(14)16/h2-5,12-14H,6-11,17H2,1H3. The van der Waals surface area contributed by atoms with Crippen LogP contribution >= 0.6 is 0 Å². The van der Waals surface area contributed by atoms with Gasteiger partial charge in [-0.25, -0.2) is 0 Å². The Labute approximate surface area is 115 Å². The zero-order valence-electron chi connectivity index (χ0n) is 11.7. The predicted molar refractivity (Wildman–Crippen MR) is 77.4 cm³/mol. The fraction of sp³-hybridized carbons (Fsp3) is 0.625. The molecule has 2 aliphatic rings. The van der Waals surface area contributed by atoms with Crippen LogP contribution in [0.5, 0.6) is 5.75 Å². The maximum Gasteiger partial charge on any atom is 0.122 e. The van der Waals surface area contributed by atoms with Gasteiger partial charge in [0.25, 0.3) is 0 Å². The summed E-state index contributed by atoms with van der Waals surface area (Å²) >= 11 is 0. The van der Waals surface area contributed by atoms with Crippen LogP contribution in [0.25, 0.3) is 0 Å². The number of nitrogens with zero attached hydrogens (tertiary/aromatic N) is 1. The van der Waals surface area contributed by atoms with E-state index >= 15 is 0 Å². The van der Waals surface area contributed by atoms with Crippen molar-refractivity contribution < 1.29 is 4.74 Å². The Morgan fingerprint density at radius 2 is 2.21 bits per heavy atom. The number of ether oxygens (including phenoxy) is 1. The van der Waals surface area contributed by atoms with E-state index in [9.17, 15) is 0 Å². The van der Waals surface area contributed by atoms with E-state index in [0.717, 1.165) is 37.9 Å². The Kier molecular flexibility index (Phi) is 3.76. The van der Waals surface area contributed by atoms with Gasteiger partial charge in [0.05, 0.1) is 6.61 Å². The molecule has 0 aliphatic carbocycles. The average Bonchev–Trinajstić information content (AvgIpc) is 2.84. The number of hydrogen-bond acceptors (Lipinski definition) is 3. The first kappa shape index (κ1) is 12.9. The summed E-state index contributed by atoms with van der Waals surface area (Å²) in [4.78, 5) is 2.58. The third-order valence-corrected chi connectivity index (χ3v) is 4.78. The van der Waals surface area contributed by atoms with E-state index in [4.69, 9.17) is 10.5 Å². The highest BCUT2D eigenvalue weighted by molar-refractivity contribution is 5.39. The van der Waals surface area contributed by atoms with Gasteiger partial charge in [-0.15, -0.1) is 0 Å². The van der Waals surface area contributed by atoms with Crippen molar-refractivity contribution in [2.75, 3.05) is 32.8 Å². The fourth-order valence-corrected chi connectivity index (χ4v) is 3.39. The van der Waals surface area contributed by atoms with Gasteiger partial charge in [0.15, 0.2) is 0 Å². The van der Waals surface area contributed by atoms with Crippen molar-refractivity contribution in [2.45, 2.75) is 19.3 Å². The molecule has 1 saturated heterocycles. The Morgan fingerprint density at radius 3 is 3.05 bits per heavy atom. The smallest absolute Gasteiger partial charge is 0.122 e. The van der Waals surface area contributed by atoms with Crippen LogP contribution in [0.3, 0.4) is 0 Å². The second-order valence-corrected chi connectivity index (χ2v) is 6.07. The van der Waals surface area contributed by atoms with Crippen LogP contribution in [-0.4, -0.2) is 37.7 Å². The van der Waals surface area contributed by atoms with Gasteiger partial charge in [-0.2, -0.15) is 0 Å². The summed E-state index contributed by atoms with van der Waals surface area (Å²) in [7, 11) is 0. The van der Waals surface area contributed by atoms with Gasteiger partial charge in [0.2, 0.25) is 0 Å². The van der Waals surface area contributed by atoms with E-state index in [1.54, 1.807) is 0 Å². The van der Waals surface area contributed by atoms with Crippen molar-refractivity contribution in [3.05, 3.63) is 29.8 Å². The van der Waals surface area contributed by atoms with Gasteiger partial charge >= 0.3 is 0 Å². The van der Waals surface area contributed by atoms with Crippen molar-refractivity contribution in [2.24, 2.45) is 17.6 Å². The highest BCUT2D eigenvalue weighted by atomic mass is 16.5. The van der Waals surface area contributed by atoms with E-state index in [1.165, 1.54) is 18.5 Å². The van der Waals surface area contributed by atoms with Gasteiger partial charge in [-0.05, 0) is 37.4 Å². The average molecular weight is 260 g/mol. The summed E-state index contributed by atoms with van der Waals surface area (Å²) in [6.45, 7) is 7.45. The lowest BCUT2D eigenvalue weighted by Crippen LogP contribution is -2.44. The second-order valence-electron chi connectivity index (χ2n) is 6.07. The maximum atomic E-state index is 5.89. The van der Waals surface area contributed by atoms with E-state index < -0.39 is 0 Å². The normalized spacial score (nSPS) is 30.9. The van der Waals surface area contributed by atoms with Crippen LogP contribution in [-0.2, 0) is 0 Å². The van der Waals surface area contributed by atoms with E-state index in [-0.39, 0.29) is 0 Å². The fourth-order valence-electron chi connectivity index (χ4n) is 3.39. The van der Waals surface area contributed by atoms with Gasteiger partial charge < -0.3 is 15.4 Å². The molecular weight excluding hydrogens is 236 g/mol. The molecule has 2 N–H and O–H groups in total. The lowest BCUT2D eigenvalue weighted by Gasteiger charge is -2.37. The van der Waals surface area contributed by atoms with Crippen LogP contribution in [0, 0.1) is 11.8 Å². The summed E-state index contributed by atoms with van der Waals surface area (Å²) in [6.07, 6.45) is 1.27. The first-order chi connectivity index (χ1) is 9.28. The minimum Gasteiger partial charge on any atom is -0.493 e. The number of nitrogens with two attached hydrogens (primary N) is 1. The molecule has 0 amide bonds. The largest absolute Gasteiger partial charge is 0.493 e. The minimum atomic E-state index is 0.531. The number of likely N-dealkylation sites (tertiary alicyclic amines) is 1. The SMILES string of the molecule is CC1CCN(CC2COc3ccccc32)CC1CN. The van der Waals surface area contributed by atoms with E-state index in [0.29, 0.717) is 11.8 Å². The zero-order chi connectivity index (χ0) is 13.2. The Hall–Kier alpha value is -1.06. The van der Waals surface area contributed by atoms with Crippen LogP contribution in [0.4, 0.5) is 0 Å². The third kappa shape index (κ3) is 2.63. The summed E-state index contributed by atoms with van der Waals surface area (Å²) in [5.74, 6) is 3.04. The molecule has 0 radical (unpaired) electrons. The number of piperidine rings is 1. The molecule has 19 heavy (non-hydrogen) atoms. The predicted octanol–water partition coefficient (Wildman–Crippen LogP) is 2.08. The monoisotopic (exact) mass is 260 g/mol. The molecule has 3 rings (SSSR count). The highest BCUT2D eigenvalue weighted by Gasteiger charge is 2.30. The first-order valence-electron chi connectivity index (χ1n) is 7.42. The van der Waals surface area contributed by atoms with Crippen LogP contribution < -0.4 is 10.5 Å². The topological polar surface area (TPSA) is 38.5 Å². The minimum absolute atomic E-state index is 0.531. The maximum absolute atomic E-state index is 5.89. The molecule has 1 aromatic rings. The van der Waals surface area contributed by atoms with Crippen molar-refractivity contribution in [3.63, 3.8) is 0 Å². The third-order valence-electron chi connectivity index (χ3n) is 4.78. The molecule has 0 saturated carbocycles. The van der Waals surface area contributed by atoms with Crippen LogP contribution in [0.2, 0.25) is 0 Å². The Bertz CT molecular complexity index is 435. The summed E-state index contributed by atoms with van der Waals surface area (Å²) < 4.78 is 5.78. The van der Waals surface area contributed by atoms with Crippen molar-refractivity contribution in [1.29, 1.82) is 0 Å². The molecule has 0 aromatic heterocycles. The zero-order valence-corrected chi connectivity index (χ0v) is 11.7. The molecule has 0 spiro atoms. The highest BCUT2D eigenvalue weighted by Crippen LogP contribution is 2.34. The molecule has 3 nitrogen and oxygen atoms in total. The molecule has 3 unspecified atom stereocenters. The molecule has 0 bridgehead atoms. The molecule has 2 aliphatic heterocycles. The van der Waals surface area contributed by atoms with Crippen molar-refractivity contribution >= 4 is 0 Å². The lowest BCUT2D eigenvalue weighted by atomic mass is 9.86. The summed E-state index contributed by atoms with van der Waals surface area (Å²) in [6, 6.07) is 8.45. The van der Waals surface area contributed by atoms with E-state index in [2.05, 4.69) is 30.0 Å². The lowest BCUT2D eigenvalue weighted by molar-refractivity contribution is 0.122.